The molecule has 0 amide bonds. The Morgan fingerprint density at radius 1 is 1.14 bits per heavy atom. The van der Waals surface area contributed by atoms with Crippen LogP contribution in [0.5, 0.6) is 5.75 Å². The highest BCUT2D eigenvalue weighted by atomic mass is 35.5. The summed E-state index contributed by atoms with van der Waals surface area (Å²) < 4.78 is 0. The van der Waals surface area contributed by atoms with Crippen molar-refractivity contribution in [2.45, 2.75) is 24.8 Å². The number of hydrogen-bond donors (Lipinski definition) is 1. The molecule has 3 unspecified atom stereocenters. The van der Waals surface area contributed by atoms with Crippen molar-refractivity contribution in [3.63, 3.8) is 0 Å². The summed E-state index contributed by atoms with van der Waals surface area (Å²) in [7, 11) is 2.22. The molecule has 1 saturated heterocycles. The molecular weight excluding hydrogens is 294 g/mol. The highest BCUT2D eigenvalue weighted by Crippen LogP contribution is 2.54. The second-order valence-corrected chi connectivity index (χ2v) is 7.01. The largest absolute Gasteiger partial charge is 0.508 e. The molecule has 1 aliphatic heterocycles. The Morgan fingerprint density at radius 3 is 2.82 bits per heavy atom. The van der Waals surface area contributed by atoms with Crippen LogP contribution in [0.2, 0.25) is 5.02 Å². The molecule has 2 aromatic rings. The van der Waals surface area contributed by atoms with E-state index in [1.807, 2.05) is 24.3 Å². The molecule has 22 heavy (non-hydrogen) atoms. The summed E-state index contributed by atoms with van der Waals surface area (Å²) >= 11 is 6.23. The molecule has 114 valence electrons. The first kappa shape index (κ1) is 14.1. The van der Waals surface area contributed by atoms with Crippen LogP contribution in [0.1, 0.15) is 41.5 Å². The molecule has 0 spiro atoms. The van der Waals surface area contributed by atoms with E-state index in [9.17, 15) is 5.11 Å². The van der Waals surface area contributed by atoms with Gasteiger partial charge in [0.25, 0.3) is 0 Å². The standard InChI is InChI=1S/C19H20ClNO/c1-21-9-3-6-16-18(12-4-2-5-13(20)10-12)17-11-14(22)7-8-15(17)19(16)21/h2,4-5,7-8,10-11,16,18-19,22H,3,6,9H2,1H3. The normalized spacial score (nSPS) is 27.5. The van der Waals surface area contributed by atoms with E-state index in [1.54, 1.807) is 0 Å². The highest BCUT2D eigenvalue weighted by Gasteiger charge is 2.44. The van der Waals surface area contributed by atoms with Gasteiger partial charge in [0.05, 0.1) is 0 Å². The van der Waals surface area contributed by atoms with E-state index < -0.39 is 0 Å². The number of piperidine rings is 1. The van der Waals surface area contributed by atoms with Crippen LogP contribution >= 0.6 is 11.6 Å². The van der Waals surface area contributed by atoms with Crippen molar-refractivity contribution >= 4 is 11.6 Å². The number of phenols is 1. The van der Waals surface area contributed by atoms with E-state index in [-0.39, 0.29) is 0 Å². The molecular formula is C19H20ClNO. The van der Waals surface area contributed by atoms with Gasteiger partial charge in [-0.2, -0.15) is 0 Å². The zero-order chi connectivity index (χ0) is 15.3. The van der Waals surface area contributed by atoms with Crippen LogP contribution in [0.4, 0.5) is 0 Å². The summed E-state index contributed by atoms with van der Waals surface area (Å²) in [6.45, 7) is 1.14. The Kier molecular flexibility index (Phi) is 3.39. The zero-order valence-electron chi connectivity index (χ0n) is 12.7. The van der Waals surface area contributed by atoms with Gasteiger partial charge in [0.1, 0.15) is 5.75 Å². The van der Waals surface area contributed by atoms with Crippen molar-refractivity contribution in [3.05, 3.63) is 64.2 Å². The molecule has 0 radical (unpaired) electrons. The number of rotatable bonds is 1. The molecule has 3 heteroatoms. The third kappa shape index (κ3) is 2.13. The Labute approximate surface area is 136 Å². The first-order valence-electron chi connectivity index (χ1n) is 7.93. The van der Waals surface area contributed by atoms with E-state index in [2.05, 4.69) is 30.1 Å². The van der Waals surface area contributed by atoms with Crippen molar-refractivity contribution in [1.82, 2.24) is 4.90 Å². The predicted molar refractivity (Wildman–Crippen MR) is 89.5 cm³/mol. The lowest BCUT2D eigenvalue weighted by atomic mass is 9.80. The van der Waals surface area contributed by atoms with Crippen LogP contribution in [0, 0.1) is 5.92 Å². The Morgan fingerprint density at radius 2 is 2.00 bits per heavy atom. The number of hydrogen-bond acceptors (Lipinski definition) is 2. The molecule has 0 bridgehead atoms. The molecule has 2 nitrogen and oxygen atoms in total. The van der Waals surface area contributed by atoms with Crippen molar-refractivity contribution in [3.8, 4) is 5.75 Å². The minimum atomic E-state index is 0.327. The minimum Gasteiger partial charge on any atom is -0.508 e. The van der Waals surface area contributed by atoms with Gasteiger partial charge in [-0.05, 0) is 73.3 Å². The van der Waals surface area contributed by atoms with E-state index in [0.717, 1.165) is 11.6 Å². The number of halogens is 1. The molecule has 3 atom stereocenters. The van der Waals surface area contributed by atoms with Gasteiger partial charge in [0, 0.05) is 17.0 Å². The quantitative estimate of drug-likeness (QED) is 0.833. The number of aromatic hydroxyl groups is 1. The number of benzene rings is 2. The van der Waals surface area contributed by atoms with Crippen LogP contribution in [0.3, 0.4) is 0 Å². The van der Waals surface area contributed by atoms with Gasteiger partial charge in [0.15, 0.2) is 0 Å². The first-order valence-corrected chi connectivity index (χ1v) is 8.31. The third-order valence-corrected chi connectivity index (χ3v) is 5.52. The number of fused-ring (bicyclic) bond motifs is 3. The maximum Gasteiger partial charge on any atom is 0.115 e. The summed E-state index contributed by atoms with van der Waals surface area (Å²) in [5, 5.41) is 10.8. The third-order valence-electron chi connectivity index (χ3n) is 5.29. The molecule has 1 N–H and O–H groups in total. The molecule has 1 heterocycles. The number of nitrogens with zero attached hydrogens (tertiary/aromatic N) is 1. The van der Waals surface area contributed by atoms with Gasteiger partial charge in [0.2, 0.25) is 0 Å². The number of likely N-dealkylation sites (tertiary alicyclic amines) is 1. The van der Waals surface area contributed by atoms with Crippen LogP contribution in [-0.2, 0) is 0 Å². The minimum absolute atomic E-state index is 0.327. The Hall–Kier alpha value is -1.51. The van der Waals surface area contributed by atoms with Crippen molar-refractivity contribution < 1.29 is 5.11 Å². The average molecular weight is 314 g/mol. The summed E-state index contributed by atoms with van der Waals surface area (Å²) in [5.74, 6) is 1.25. The fourth-order valence-electron chi connectivity index (χ4n) is 4.48. The Balaban J connectivity index is 1.88. The van der Waals surface area contributed by atoms with Gasteiger partial charge < -0.3 is 5.11 Å². The second kappa shape index (κ2) is 5.29. The summed E-state index contributed by atoms with van der Waals surface area (Å²) in [5.41, 5.74) is 3.91. The molecule has 2 aromatic carbocycles. The van der Waals surface area contributed by atoms with Crippen LogP contribution in [0.15, 0.2) is 42.5 Å². The van der Waals surface area contributed by atoms with E-state index in [1.165, 1.54) is 29.5 Å². The van der Waals surface area contributed by atoms with Crippen LogP contribution in [-0.4, -0.2) is 23.6 Å². The lowest BCUT2D eigenvalue weighted by Gasteiger charge is -2.37. The Bertz CT molecular complexity index is 714. The maximum absolute atomic E-state index is 9.98. The summed E-state index contributed by atoms with van der Waals surface area (Å²) in [4.78, 5) is 2.47. The monoisotopic (exact) mass is 313 g/mol. The van der Waals surface area contributed by atoms with Gasteiger partial charge in [-0.3, -0.25) is 4.90 Å². The highest BCUT2D eigenvalue weighted by molar-refractivity contribution is 6.30. The van der Waals surface area contributed by atoms with E-state index >= 15 is 0 Å². The van der Waals surface area contributed by atoms with Crippen LogP contribution < -0.4 is 0 Å². The smallest absolute Gasteiger partial charge is 0.115 e. The molecule has 4 rings (SSSR count). The topological polar surface area (TPSA) is 23.5 Å². The fraction of sp³-hybridized carbons (Fsp3) is 0.368. The molecule has 2 aliphatic rings. The second-order valence-electron chi connectivity index (χ2n) is 6.58. The maximum atomic E-state index is 9.98. The predicted octanol–water partition coefficient (Wildman–Crippen LogP) is 4.57. The lowest BCUT2D eigenvalue weighted by Crippen LogP contribution is -2.34. The fourth-order valence-corrected chi connectivity index (χ4v) is 4.67. The molecule has 0 saturated carbocycles. The van der Waals surface area contributed by atoms with Gasteiger partial charge in [-0.25, -0.2) is 0 Å². The van der Waals surface area contributed by atoms with Gasteiger partial charge >= 0.3 is 0 Å². The summed E-state index contributed by atoms with van der Waals surface area (Å²) in [6.07, 6.45) is 2.45. The van der Waals surface area contributed by atoms with E-state index in [4.69, 9.17) is 11.6 Å². The van der Waals surface area contributed by atoms with Crippen molar-refractivity contribution in [2.75, 3.05) is 13.6 Å². The van der Waals surface area contributed by atoms with Crippen molar-refractivity contribution in [2.24, 2.45) is 5.92 Å². The average Bonchev–Trinajstić information content (AvgIpc) is 2.81. The molecule has 0 aromatic heterocycles. The first-order chi connectivity index (χ1) is 10.6. The number of phenolic OH excluding ortho intramolecular Hbond substituents is 1. The van der Waals surface area contributed by atoms with Crippen LogP contribution in [0.25, 0.3) is 0 Å². The lowest BCUT2D eigenvalue weighted by molar-refractivity contribution is 0.127. The molecule has 1 aliphatic carbocycles. The molecule has 1 fully saturated rings. The van der Waals surface area contributed by atoms with Gasteiger partial charge in [-0.15, -0.1) is 0 Å². The SMILES string of the molecule is CN1CCCC2C(c3cccc(Cl)c3)c3cc(O)ccc3C21. The summed E-state index contributed by atoms with van der Waals surface area (Å²) in [6, 6.07) is 14.5. The zero-order valence-corrected chi connectivity index (χ0v) is 13.4. The van der Waals surface area contributed by atoms with E-state index in [0.29, 0.717) is 23.6 Å². The van der Waals surface area contributed by atoms with Gasteiger partial charge in [-0.1, -0.05) is 29.8 Å². The van der Waals surface area contributed by atoms with Crippen molar-refractivity contribution in [1.29, 1.82) is 0 Å².